The van der Waals surface area contributed by atoms with Crippen molar-refractivity contribution in [1.29, 1.82) is 0 Å². The molecule has 1 rings (SSSR count). The Bertz CT molecular complexity index is 584. The van der Waals surface area contributed by atoms with Gasteiger partial charge in [0.2, 0.25) is 0 Å². The van der Waals surface area contributed by atoms with Gasteiger partial charge in [0.1, 0.15) is 0 Å². The molecule has 0 radical (unpaired) electrons. The lowest BCUT2D eigenvalue weighted by molar-refractivity contribution is 0.00234. The van der Waals surface area contributed by atoms with Gasteiger partial charge in [-0.2, -0.15) is 4.79 Å². The van der Waals surface area contributed by atoms with E-state index in [9.17, 15) is 4.79 Å². The molecule has 0 spiro atoms. The number of hydrogen-bond acceptors (Lipinski definition) is 1. The highest BCUT2D eigenvalue weighted by Gasteiger charge is 2.10. The van der Waals surface area contributed by atoms with Crippen LogP contribution in [0.25, 0.3) is 5.53 Å². The van der Waals surface area contributed by atoms with Crippen molar-refractivity contribution in [1.82, 2.24) is 0 Å². The molecule has 96 valence electrons. The van der Waals surface area contributed by atoms with E-state index in [1.807, 2.05) is 13.0 Å². The zero-order valence-electron chi connectivity index (χ0n) is 11.0. The highest BCUT2D eigenvalue weighted by molar-refractivity contribution is 6.34. The molecule has 1 aromatic rings. The van der Waals surface area contributed by atoms with Crippen LogP contribution in [0.3, 0.4) is 0 Å². The van der Waals surface area contributed by atoms with E-state index < -0.39 is 0 Å². The highest BCUT2D eigenvalue weighted by Crippen LogP contribution is 2.08. The van der Waals surface area contributed by atoms with E-state index in [1.54, 1.807) is 18.2 Å². The normalized spacial score (nSPS) is 8.89. The van der Waals surface area contributed by atoms with Crippen molar-refractivity contribution >= 4 is 12.0 Å². The van der Waals surface area contributed by atoms with Crippen LogP contribution in [-0.2, 0) is 0 Å². The summed E-state index contributed by atoms with van der Waals surface area (Å²) in [5.41, 5.74) is 10.6. The lowest BCUT2D eigenvalue weighted by Gasteiger charge is -1.97. The van der Waals surface area contributed by atoms with E-state index in [-0.39, 0.29) is 5.78 Å². The van der Waals surface area contributed by atoms with Crippen LogP contribution in [0.15, 0.2) is 36.4 Å². The molecule has 0 unspecified atom stereocenters. The summed E-state index contributed by atoms with van der Waals surface area (Å²) in [4.78, 5) is 14.4. The number of allylic oxidation sites excluding steroid dienone is 1. The minimum absolute atomic E-state index is 0.352. The van der Waals surface area contributed by atoms with Gasteiger partial charge < -0.3 is 5.53 Å². The summed E-state index contributed by atoms with van der Waals surface area (Å²) in [7, 11) is 0. The van der Waals surface area contributed by atoms with Crippen molar-refractivity contribution in [3.05, 3.63) is 53.1 Å². The van der Waals surface area contributed by atoms with Gasteiger partial charge in [-0.15, -0.1) is 6.58 Å². The smallest absolute Gasteiger partial charge is 0.328 e. The maximum absolute atomic E-state index is 11.7. The Morgan fingerprint density at radius 3 is 2.89 bits per heavy atom. The zero-order valence-corrected chi connectivity index (χ0v) is 11.0. The molecule has 0 amide bonds. The van der Waals surface area contributed by atoms with Crippen LogP contribution in [0.1, 0.15) is 42.1 Å². The molecular weight excluding hydrogens is 236 g/mol. The standard InChI is InChI=1S/C16H16N2O/c1-13(2)8-4-3-5-9-14-10-6-7-11-15(14)16(19)12-18-17/h6-7,10-12H,1,3-4,8H2,2H3. The van der Waals surface area contributed by atoms with Crippen molar-refractivity contribution in [3.8, 4) is 11.8 Å². The molecule has 3 heteroatoms. The summed E-state index contributed by atoms with van der Waals surface area (Å²) in [6.07, 6.45) is 3.58. The van der Waals surface area contributed by atoms with Gasteiger partial charge in [-0.25, -0.2) is 0 Å². The van der Waals surface area contributed by atoms with Crippen LogP contribution in [-0.4, -0.2) is 16.8 Å². The predicted octanol–water partition coefficient (Wildman–Crippen LogP) is 3.27. The molecule has 0 N–H and O–H groups in total. The van der Waals surface area contributed by atoms with Gasteiger partial charge >= 0.3 is 6.21 Å². The number of hydrogen-bond donors (Lipinski definition) is 0. The fourth-order valence-electron chi connectivity index (χ4n) is 1.57. The molecule has 0 saturated heterocycles. The van der Waals surface area contributed by atoms with Gasteiger partial charge in [0.05, 0.1) is 0 Å². The predicted molar refractivity (Wildman–Crippen MR) is 76.0 cm³/mol. The van der Waals surface area contributed by atoms with E-state index in [0.717, 1.165) is 31.1 Å². The second-order valence-corrected chi connectivity index (χ2v) is 4.27. The molecule has 3 nitrogen and oxygen atoms in total. The monoisotopic (exact) mass is 252 g/mol. The Hall–Kier alpha value is -2.43. The summed E-state index contributed by atoms with van der Waals surface area (Å²) in [6.45, 7) is 5.83. The largest absolute Gasteiger partial charge is 0.361 e. The minimum atomic E-state index is -0.352. The minimum Gasteiger partial charge on any atom is -0.361 e. The second kappa shape index (κ2) is 7.81. The van der Waals surface area contributed by atoms with Crippen LogP contribution < -0.4 is 0 Å². The fraction of sp³-hybridized carbons (Fsp3) is 0.250. The topological polar surface area (TPSA) is 53.5 Å². The molecule has 0 aliphatic carbocycles. The van der Waals surface area contributed by atoms with Crippen molar-refractivity contribution in [3.63, 3.8) is 0 Å². The summed E-state index contributed by atoms with van der Waals surface area (Å²) >= 11 is 0. The molecule has 19 heavy (non-hydrogen) atoms. The van der Waals surface area contributed by atoms with E-state index >= 15 is 0 Å². The fourth-order valence-corrected chi connectivity index (χ4v) is 1.57. The van der Waals surface area contributed by atoms with Gasteiger partial charge in [0, 0.05) is 17.5 Å². The third-order valence-electron chi connectivity index (χ3n) is 2.50. The molecule has 0 fully saturated rings. The number of carbonyl (C=O) groups excluding carboxylic acids is 1. The van der Waals surface area contributed by atoms with Crippen LogP contribution in [0, 0.1) is 11.8 Å². The molecular formula is C16H16N2O. The number of benzene rings is 1. The quantitative estimate of drug-likeness (QED) is 0.151. The lowest BCUT2D eigenvalue weighted by atomic mass is 10.0. The number of Topliss-reactive ketones (excluding diaryl/α,β-unsaturated/α-hetero) is 1. The van der Waals surface area contributed by atoms with Crippen LogP contribution in [0.2, 0.25) is 0 Å². The van der Waals surface area contributed by atoms with Crippen molar-refractivity contribution in [2.45, 2.75) is 26.2 Å². The summed E-state index contributed by atoms with van der Waals surface area (Å²) < 4.78 is 0. The van der Waals surface area contributed by atoms with Crippen LogP contribution in [0.4, 0.5) is 0 Å². The Labute approximate surface area is 113 Å². The van der Waals surface area contributed by atoms with Crippen molar-refractivity contribution < 1.29 is 9.58 Å². The second-order valence-electron chi connectivity index (χ2n) is 4.27. The average Bonchev–Trinajstić information content (AvgIpc) is 2.38. The zero-order chi connectivity index (χ0) is 14.1. The molecule has 0 heterocycles. The first-order valence-corrected chi connectivity index (χ1v) is 6.09. The number of ketones is 1. The molecule has 0 saturated carbocycles. The van der Waals surface area contributed by atoms with E-state index in [1.165, 1.54) is 0 Å². The molecule has 1 aromatic carbocycles. The van der Waals surface area contributed by atoms with Crippen molar-refractivity contribution in [2.75, 3.05) is 0 Å². The Morgan fingerprint density at radius 1 is 1.47 bits per heavy atom. The van der Waals surface area contributed by atoms with Gasteiger partial charge in [-0.1, -0.05) is 29.5 Å². The van der Waals surface area contributed by atoms with E-state index in [2.05, 4.69) is 23.2 Å². The van der Waals surface area contributed by atoms with Gasteiger partial charge in [0.25, 0.3) is 5.78 Å². The average molecular weight is 252 g/mol. The third-order valence-corrected chi connectivity index (χ3v) is 2.50. The number of nitrogens with zero attached hydrogens (tertiary/aromatic N) is 2. The Balaban J connectivity index is 2.78. The van der Waals surface area contributed by atoms with Gasteiger partial charge in [-0.05, 0) is 31.9 Å². The highest BCUT2D eigenvalue weighted by atomic mass is 16.1. The number of unbranched alkanes of at least 4 members (excludes halogenated alkanes) is 1. The maximum atomic E-state index is 11.7. The number of carbonyl (C=O) groups is 1. The first kappa shape index (κ1) is 14.6. The SMILES string of the molecule is C=C(C)CCCC#Cc1ccccc1C(=O)C=[N+]=[N-]. The Kier molecular flexibility index (Phi) is 6.02. The molecule has 0 aliphatic heterocycles. The summed E-state index contributed by atoms with van der Waals surface area (Å²) in [5.74, 6) is 5.67. The van der Waals surface area contributed by atoms with Crippen LogP contribution >= 0.6 is 0 Å². The first-order valence-electron chi connectivity index (χ1n) is 6.09. The first-order chi connectivity index (χ1) is 9.15. The van der Waals surface area contributed by atoms with Crippen LogP contribution in [0.5, 0.6) is 0 Å². The third kappa shape index (κ3) is 5.16. The maximum Gasteiger partial charge on any atom is 0.328 e. The summed E-state index contributed by atoms with van der Waals surface area (Å²) in [5, 5.41) is 0. The van der Waals surface area contributed by atoms with E-state index in [0.29, 0.717) is 11.1 Å². The van der Waals surface area contributed by atoms with Gasteiger partial charge in [-0.3, -0.25) is 4.79 Å². The molecule has 0 atom stereocenters. The molecule has 0 aromatic heterocycles. The Morgan fingerprint density at radius 2 is 2.21 bits per heavy atom. The summed E-state index contributed by atoms with van der Waals surface area (Å²) in [6, 6.07) is 7.03. The van der Waals surface area contributed by atoms with E-state index in [4.69, 9.17) is 5.53 Å². The number of rotatable bonds is 5. The molecule has 0 aliphatic rings. The molecule has 0 bridgehead atoms. The lowest BCUT2D eigenvalue weighted by Crippen LogP contribution is -2.03. The van der Waals surface area contributed by atoms with Gasteiger partial charge in [0.15, 0.2) is 0 Å². The van der Waals surface area contributed by atoms with Crippen molar-refractivity contribution in [2.24, 2.45) is 0 Å².